The summed E-state index contributed by atoms with van der Waals surface area (Å²) in [6.07, 6.45) is 2.70. The molecule has 2 unspecified atom stereocenters. The van der Waals surface area contributed by atoms with E-state index in [2.05, 4.69) is 10.6 Å². The van der Waals surface area contributed by atoms with Gasteiger partial charge < -0.3 is 10.6 Å². The molecule has 3 nitrogen and oxygen atoms in total. The van der Waals surface area contributed by atoms with Crippen LogP contribution in [0.15, 0.2) is 18.2 Å². The largest absolute Gasteiger partial charge is 0.355 e. The standard InChI is InChI=1S/C16H23FN2O/c1-3-18-16(20)15-9-12(6-7-19-15)8-13-10-14(17)5-4-11(13)2/h4-5,10,12,15,19H,3,6-9H2,1-2H3,(H,18,20). The second-order valence-corrected chi connectivity index (χ2v) is 5.57. The number of piperidine rings is 1. The Kier molecular flexibility index (Phi) is 5.12. The first-order valence-corrected chi connectivity index (χ1v) is 7.36. The maximum Gasteiger partial charge on any atom is 0.237 e. The highest BCUT2D eigenvalue weighted by molar-refractivity contribution is 5.81. The Morgan fingerprint density at radius 3 is 3.05 bits per heavy atom. The number of hydrogen-bond donors (Lipinski definition) is 2. The van der Waals surface area contributed by atoms with E-state index in [1.165, 1.54) is 6.07 Å². The van der Waals surface area contributed by atoms with Crippen LogP contribution in [0.2, 0.25) is 0 Å². The second kappa shape index (κ2) is 6.84. The average molecular weight is 278 g/mol. The van der Waals surface area contributed by atoms with Crippen molar-refractivity contribution in [1.29, 1.82) is 0 Å². The molecule has 110 valence electrons. The van der Waals surface area contributed by atoms with E-state index >= 15 is 0 Å². The summed E-state index contributed by atoms with van der Waals surface area (Å²) < 4.78 is 13.3. The van der Waals surface area contributed by atoms with Gasteiger partial charge in [-0.15, -0.1) is 0 Å². The molecule has 0 aromatic heterocycles. The lowest BCUT2D eigenvalue weighted by molar-refractivity contribution is -0.123. The average Bonchev–Trinajstić information content (AvgIpc) is 2.43. The van der Waals surface area contributed by atoms with Crippen molar-refractivity contribution in [3.8, 4) is 0 Å². The van der Waals surface area contributed by atoms with Crippen molar-refractivity contribution in [1.82, 2.24) is 10.6 Å². The van der Waals surface area contributed by atoms with Crippen LogP contribution in [0.25, 0.3) is 0 Å². The zero-order valence-electron chi connectivity index (χ0n) is 12.2. The van der Waals surface area contributed by atoms with Gasteiger partial charge in [-0.2, -0.15) is 0 Å². The van der Waals surface area contributed by atoms with Crippen molar-refractivity contribution in [3.05, 3.63) is 35.1 Å². The smallest absolute Gasteiger partial charge is 0.237 e. The molecule has 0 spiro atoms. The third-order valence-corrected chi connectivity index (χ3v) is 4.00. The van der Waals surface area contributed by atoms with Crippen molar-refractivity contribution in [3.63, 3.8) is 0 Å². The van der Waals surface area contributed by atoms with Gasteiger partial charge >= 0.3 is 0 Å². The topological polar surface area (TPSA) is 41.1 Å². The van der Waals surface area contributed by atoms with Gasteiger partial charge in [0.2, 0.25) is 5.91 Å². The summed E-state index contributed by atoms with van der Waals surface area (Å²) in [5, 5.41) is 6.12. The van der Waals surface area contributed by atoms with E-state index < -0.39 is 0 Å². The molecule has 0 aliphatic carbocycles. The SMILES string of the molecule is CCNC(=O)C1CC(Cc2cc(F)ccc2C)CCN1. The van der Waals surface area contributed by atoms with Crippen LogP contribution >= 0.6 is 0 Å². The lowest BCUT2D eigenvalue weighted by Crippen LogP contribution is -2.49. The van der Waals surface area contributed by atoms with Crippen molar-refractivity contribution in [2.75, 3.05) is 13.1 Å². The number of rotatable bonds is 4. The van der Waals surface area contributed by atoms with E-state index in [-0.39, 0.29) is 17.8 Å². The van der Waals surface area contributed by atoms with Crippen LogP contribution in [0.3, 0.4) is 0 Å². The Labute approximate surface area is 120 Å². The minimum absolute atomic E-state index is 0.0770. The van der Waals surface area contributed by atoms with Gasteiger partial charge in [0.05, 0.1) is 6.04 Å². The molecule has 1 heterocycles. The summed E-state index contributed by atoms with van der Waals surface area (Å²) in [5.74, 6) is 0.331. The van der Waals surface area contributed by atoms with Crippen LogP contribution in [0.4, 0.5) is 4.39 Å². The van der Waals surface area contributed by atoms with Crippen LogP contribution in [-0.2, 0) is 11.2 Å². The molecule has 0 bridgehead atoms. The van der Waals surface area contributed by atoms with Gasteiger partial charge in [0, 0.05) is 6.54 Å². The summed E-state index contributed by atoms with van der Waals surface area (Å²) in [4.78, 5) is 11.9. The molecular weight excluding hydrogens is 255 g/mol. The fraction of sp³-hybridized carbons (Fsp3) is 0.562. The van der Waals surface area contributed by atoms with E-state index in [9.17, 15) is 9.18 Å². The first-order chi connectivity index (χ1) is 9.60. The number of aryl methyl sites for hydroxylation is 1. The molecule has 1 aromatic rings. The summed E-state index contributed by atoms with van der Waals surface area (Å²) in [5.41, 5.74) is 2.19. The minimum Gasteiger partial charge on any atom is -0.355 e. The molecule has 1 saturated heterocycles. The number of benzene rings is 1. The molecule has 1 amide bonds. The number of halogens is 1. The van der Waals surface area contributed by atoms with Crippen LogP contribution in [0.5, 0.6) is 0 Å². The van der Waals surface area contributed by atoms with E-state index in [4.69, 9.17) is 0 Å². The molecule has 2 atom stereocenters. The molecule has 2 N–H and O–H groups in total. The van der Waals surface area contributed by atoms with Crippen LogP contribution in [-0.4, -0.2) is 25.0 Å². The monoisotopic (exact) mass is 278 g/mol. The maximum atomic E-state index is 13.3. The van der Waals surface area contributed by atoms with Gasteiger partial charge in [0.25, 0.3) is 0 Å². The fourth-order valence-electron chi connectivity index (χ4n) is 2.85. The Hall–Kier alpha value is -1.42. The van der Waals surface area contributed by atoms with Gasteiger partial charge in [-0.1, -0.05) is 6.07 Å². The number of amides is 1. The Morgan fingerprint density at radius 1 is 1.50 bits per heavy atom. The second-order valence-electron chi connectivity index (χ2n) is 5.57. The lowest BCUT2D eigenvalue weighted by Gasteiger charge is -2.30. The minimum atomic E-state index is -0.181. The number of nitrogens with one attached hydrogen (secondary N) is 2. The first kappa shape index (κ1) is 15.0. The molecule has 1 aliphatic heterocycles. The molecule has 0 saturated carbocycles. The molecular formula is C16H23FN2O. The highest BCUT2D eigenvalue weighted by Crippen LogP contribution is 2.23. The van der Waals surface area contributed by atoms with Crippen LogP contribution < -0.4 is 10.6 Å². The summed E-state index contributed by atoms with van der Waals surface area (Å²) in [6, 6.07) is 4.84. The predicted octanol–water partition coefficient (Wildman–Crippen LogP) is 2.18. The van der Waals surface area contributed by atoms with E-state index in [1.807, 2.05) is 19.9 Å². The van der Waals surface area contributed by atoms with Gasteiger partial charge in [-0.05, 0) is 68.8 Å². The zero-order valence-corrected chi connectivity index (χ0v) is 12.2. The third kappa shape index (κ3) is 3.79. The molecule has 20 heavy (non-hydrogen) atoms. The van der Waals surface area contributed by atoms with Crippen molar-refractivity contribution < 1.29 is 9.18 Å². The molecule has 1 aliphatic rings. The van der Waals surface area contributed by atoms with E-state index in [0.717, 1.165) is 36.9 Å². The Morgan fingerprint density at radius 2 is 2.30 bits per heavy atom. The van der Waals surface area contributed by atoms with Crippen molar-refractivity contribution in [2.24, 2.45) is 5.92 Å². The van der Waals surface area contributed by atoms with Gasteiger partial charge in [-0.3, -0.25) is 4.79 Å². The van der Waals surface area contributed by atoms with Crippen molar-refractivity contribution >= 4 is 5.91 Å². The number of likely N-dealkylation sites (N-methyl/N-ethyl adjacent to an activating group) is 1. The van der Waals surface area contributed by atoms with E-state index in [0.29, 0.717) is 12.5 Å². The normalized spacial score (nSPS) is 22.6. The van der Waals surface area contributed by atoms with Crippen molar-refractivity contribution in [2.45, 2.75) is 39.2 Å². The zero-order chi connectivity index (χ0) is 14.5. The highest BCUT2D eigenvalue weighted by atomic mass is 19.1. The lowest BCUT2D eigenvalue weighted by atomic mass is 9.85. The molecule has 2 rings (SSSR count). The molecule has 4 heteroatoms. The predicted molar refractivity (Wildman–Crippen MR) is 78.0 cm³/mol. The fourth-order valence-corrected chi connectivity index (χ4v) is 2.85. The molecule has 1 fully saturated rings. The molecule has 1 aromatic carbocycles. The van der Waals surface area contributed by atoms with Crippen LogP contribution in [0, 0.1) is 18.7 Å². The van der Waals surface area contributed by atoms with Crippen LogP contribution in [0.1, 0.15) is 30.9 Å². The highest BCUT2D eigenvalue weighted by Gasteiger charge is 2.26. The summed E-state index contributed by atoms with van der Waals surface area (Å²) >= 11 is 0. The van der Waals surface area contributed by atoms with Gasteiger partial charge in [-0.25, -0.2) is 4.39 Å². The number of carbonyl (C=O) groups excluding carboxylic acids is 1. The maximum absolute atomic E-state index is 13.3. The Balaban J connectivity index is 1.99. The van der Waals surface area contributed by atoms with Gasteiger partial charge in [0.15, 0.2) is 0 Å². The summed E-state index contributed by atoms with van der Waals surface area (Å²) in [6.45, 7) is 5.44. The number of hydrogen-bond acceptors (Lipinski definition) is 2. The molecule has 0 radical (unpaired) electrons. The Bertz CT molecular complexity index is 476. The summed E-state index contributed by atoms with van der Waals surface area (Å²) in [7, 11) is 0. The third-order valence-electron chi connectivity index (χ3n) is 4.00. The van der Waals surface area contributed by atoms with Gasteiger partial charge in [0.1, 0.15) is 5.82 Å². The van der Waals surface area contributed by atoms with E-state index in [1.54, 1.807) is 6.07 Å². The quantitative estimate of drug-likeness (QED) is 0.886. The first-order valence-electron chi connectivity index (χ1n) is 7.36. The number of carbonyl (C=O) groups is 1.